The highest BCUT2D eigenvalue weighted by Gasteiger charge is 2.25. The third-order valence-corrected chi connectivity index (χ3v) is 6.06. The Morgan fingerprint density at radius 3 is 2.31 bits per heavy atom. The molecule has 0 atom stereocenters. The first-order valence-electron chi connectivity index (χ1n) is 10.4. The van der Waals surface area contributed by atoms with Crippen LogP contribution in [0, 0.1) is 0 Å². The Hall–Kier alpha value is -0.905. The molecule has 2 aliphatic rings. The van der Waals surface area contributed by atoms with Crippen LogP contribution in [-0.4, -0.2) is 42.1 Å². The van der Waals surface area contributed by atoms with E-state index >= 15 is 0 Å². The first-order valence-corrected chi connectivity index (χ1v) is 10.7. The van der Waals surface area contributed by atoms with E-state index in [0.29, 0.717) is 6.04 Å². The molecule has 1 aliphatic heterocycles. The smallest absolute Gasteiger partial charge is 0.406 e. The molecular formula is C20H33BClN3O. The summed E-state index contributed by atoms with van der Waals surface area (Å²) in [5, 5.41) is 17.1. The van der Waals surface area contributed by atoms with E-state index in [-0.39, 0.29) is 0 Å². The summed E-state index contributed by atoms with van der Waals surface area (Å²) in [5.41, 5.74) is 1.90. The largest absolute Gasteiger partial charge is 0.433 e. The third-order valence-electron chi connectivity index (χ3n) is 5.83. The molecule has 1 aliphatic carbocycles. The Bertz CT molecular complexity index is 556. The molecule has 144 valence electrons. The van der Waals surface area contributed by atoms with Crippen molar-refractivity contribution in [3.8, 4) is 0 Å². The number of likely N-dealkylation sites (tertiary alicyclic amines) is 1. The van der Waals surface area contributed by atoms with Crippen LogP contribution in [0.4, 0.5) is 11.4 Å². The van der Waals surface area contributed by atoms with Gasteiger partial charge in [-0.05, 0) is 50.7 Å². The number of hydrogen-bond acceptors (Lipinski definition) is 4. The van der Waals surface area contributed by atoms with Gasteiger partial charge < -0.3 is 20.5 Å². The number of benzene rings is 1. The zero-order valence-corrected chi connectivity index (χ0v) is 16.8. The molecule has 0 amide bonds. The topological polar surface area (TPSA) is 47.5 Å². The highest BCUT2D eigenvalue weighted by atomic mass is 35.5. The van der Waals surface area contributed by atoms with Gasteiger partial charge in [0.15, 0.2) is 0 Å². The summed E-state index contributed by atoms with van der Waals surface area (Å²) in [7, 11) is -0.585. The quantitative estimate of drug-likeness (QED) is 0.642. The molecule has 1 aromatic carbocycles. The number of rotatable bonds is 5. The van der Waals surface area contributed by atoms with Crippen molar-refractivity contribution in [3.63, 3.8) is 0 Å². The minimum Gasteiger partial charge on any atom is -0.433 e. The van der Waals surface area contributed by atoms with Crippen molar-refractivity contribution in [1.82, 2.24) is 4.90 Å². The van der Waals surface area contributed by atoms with Gasteiger partial charge in [0.1, 0.15) is 0 Å². The van der Waals surface area contributed by atoms with E-state index in [4.69, 9.17) is 11.6 Å². The Labute approximate surface area is 163 Å². The van der Waals surface area contributed by atoms with Crippen molar-refractivity contribution in [2.24, 2.45) is 0 Å². The van der Waals surface area contributed by atoms with Crippen molar-refractivity contribution >= 4 is 30.0 Å². The average molecular weight is 378 g/mol. The summed E-state index contributed by atoms with van der Waals surface area (Å²) in [6.45, 7) is 4.09. The van der Waals surface area contributed by atoms with Gasteiger partial charge in [-0.2, -0.15) is 0 Å². The lowest BCUT2D eigenvalue weighted by Gasteiger charge is -2.39. The molecule has 2 fully saturated rings. The second kappa shape index (κ2) is 9.86. The van der Waals surface area contributed by atoms with Crippen LogP contribution in [0.1, 0.15) is 57.8 Å². The molecule has 26 heavy (non-hydrogen) atoms. The second-order valence-corrected chi connectivity index (χ2v) is 8.40. The van der Waals surface area contributed by atoms with E-state index in [1.165, 1.54) is 58.0 Å². The van der Waals surface area contributed by atoms with Crippen molar-refractivity contribution in [2.45, 2.75) is 76.7 Å². The van der Waals surface area contributed by atoms with Gasteiger partial charge in [-0.3, -0.25) is 0 Å². The Morgan fingerprint density at radius 2 is 1.65 bits per heavy atom. The van der Waals surface area contributed by atoms with Gasteiger partial charge in [-0.15, -0.1) is 0 Å². The fourth-order valence-corrected chi connectivity index (χ4v) is 4.59. The van der Waals surface area contributed by atoms with E-state index in [9.17, 15) is 5.02 Å². The highest BCUT2D eigenvalue weighted by molar-refractivity contribution is 6.53. The molecule has 0 unspecified atom stereocenters. The van der Waals surface area contributed by atoms with Crippen LogP contribution >= 0.6 is 11.6 Å². The molecule has 3 rings (SSSR count). The van der Waals surface area contributed by atoms with Gasteiger partial charge >= 0.3 is 7.05 Å². The number of nitrogens with zero attached hydrogens (tertiary/aromatic N) is 1. The van der Waals surface area contributed by atoms with Crippen molar-refractivity contribution in [1.29, 1.82) is 0 Å². The number of anilines is 2. The van der Waals surface area contributed by atoms with Crippen LogP contribution in [0.3, 0.4) is 0 Å². The molecule has 0 radical (unpaired) electrons. The van der Waals surface area contributed by atoms with Gasteiger partial charge in [0, 0.05) is 35.9 Å². The van der Waals surface area contributed by atoms with Crippen LogP contribution in [-0.2, 0) is 0 Å². The van der Waals surface area contributed by atoms with Crippen LogP contribution in [0.15, 0.2) is 18.2 Å². The highest BCUT2D eigenvalue weighted by Crippen LogP contribution is 2.29. The van der Waals surface area contributed by atoms with E-state index in [2.05, 4.69) is 15.4 Å². The minimum absolute atomic E-state index is 0.466. The fourth-order valence-electron chi connectivity index (χ4n) is 4.42. The second-order valence-electron chi connectivity index (χ2n) is 7.96. The van der Waals surface area contributed by atoms with Crippen molar-refractivity contribution < 1.29 is 5.02 Å². The maximum absolute atomic E-state index is 9.65. The number of nitrogens with one attached hydrogen (secondary N) is 2. The number of hydrogen-bond donors (Lipinski definition) is 3. The summed E-state index contributed by atoms with van der Waals surface area (Å²) in [4.78, 5) is 2.73. The third kappa shape index (κ3) is 5.80. The van der Waals surface area contributed by atoms with Crippen LogP contribution < -0.4 is 10.5 Å². The monoisotopic (exact) mass is 377 g/mol. The molecule has 0 aromatic heterocycles. The molecule has 1 aromatic rings. The normalized spacial score (nSPS) is 21.0. The van der Waals surface area contributed by atoms with Crippen molar-refractivity contribution in [2.75, 3.05) is 23.6 Å². The zero-order valence-electron chi connectivity index (χ0n) is 16.0. The SMILES string of the molecule is CB(O)Nc1ccc(Cl)cc1NC1CCN(C2CCCCCCC2)CC1. The molecule has 1 heterocycles. The fraction of sp³-hybridized carbons (Fsp3) is 0.700. The van der Waals surface area contributed by atoms with E-state index in [1.54, 1.807) is 6.82 Å². The molecule has 6 heteroatoms. The first kappa shape index (κ1) is 19.8. The standard InChI is InChI=1S/C20H33BClN3O/c1-21(26)24-19-10-9-16(22)15-20(19)23-17-11-13-25(14-12-17)18-7-5-3-2-4-6-8-18/h9-10,15,17-18,23-24,26H,2-8,11-14H2,1H3. The molecule has 1 saturated carbocycles. The van der Waals surface area contributed by atoms with E-state index in [0.717, 1.165) is 35.3 Å². The lowest BCUT2D eigenvalue weighted by Crippen LogP contribution is -2.44. The summed E-state index contributed by atoms with van der Waals surface area (Å²) in [6.07, 6.45) is 12.2. The van der Waals surface area contributed by atoms with Gasteiger partial charge in [0.05, 0.1) is 5.69 Å². The lowest BCUT2D eigenvalue weighted by molar-refractivity contribution is 0.133. The van der Waals surface area contributed by atoms with E-state index < -0.39 is 7.05 Å². The summed E-state index contributed by atoms with van der Waals surface area (Å²) < 4.78 is 0. The first-order chi connectivity index (χ1) is 12.6. The summed E-state index contributed by atoms with van der Waals surface area (Å²) in [5.74, 6) is 0. The van der Waals surface area contributed by atoms with E-state index in [1.807, 2.05) is 18.2 Å². The number of halogens is 1. The molecule has 1 saturated heterocycles. The molecule has 4 nitrogen and oxygen atoms in total. The van der Waals surface area contributed by atoms with Crippen LogP contribution in [0.25, 0.3) is 0 Å². The summed E-state index contributed by atoms with van der Waals surface area (Å²) in [6, 6.07) is 7.01. The minimum atomic E-state index is -0.585. The Morgan fingerprint density at radius 1 is 1.00 bits per heavy atom. The lowest BCUT2D eigenvalue weighted by atomic mass is 9.88. The summed E-state index contributed by atoms with van der Waals surface area (Å²) >= 11 is 6.19. The van der Waals surface area contributed by atoms with Gasteiger partial charge in [0.2, 0.25) is 0 Å². The zero-order chi connectivity index (χ0) is 18.4. The van der Waals surface area contributed by atoms with Crippen LogP contribution in [0.2, 0.25) is 11.8 Å². The molecule has 0 bridgehead atoms. The maximum atomic E-state index is 9.65. The van der Waals surface area contributed by atoms with Gasteiger partial charge in [0.25, 0.3) is 0 Å². The average Bonchev–Trinajstić information content (AvgIpc) is 2.58. The molecule has 0 spiro atoms. The number of piperidine rings is 1. The molecular weight excluding hydrogens is 345 g/mol. The Balaban J connectivity index is 1.54. The predicted octanol–water partition coefficient (Wildman–Crippen LogP) is 4.85. The molecule has 3 N–H and O–H groups in total. The van der Waals surface area contributed by atoms with Gasteiger partial charge in [-0.1, -0.05) is 43.7 Å². The maximum Gasteiger partial charge on any atom is 0.406 e. The predicted molar refractivity (Wildman–Crippen MR) is 113 cm³/mol. The Kier molecular flexibility index (Phi) is 7.53. The van der Waals surface area contributed by atoms with Gasteiger partial charge in [-0.25, -0.2) is 0 Å². The van der Waals surface area contributed by atoms with Crippen LogP contribution in [0.5, 0.6) is 0 Å². The van der Waals surface area contributed by atoms with Crippen molar-refractivity contribution in [3.05, 3.63) is 23.2 Å².